The molecule has 19 heavy (non-hydrogen) atoms. The van der Waals surface area contributed by atoms with Crippen LogP contribution in [0.1, 0.15) is 29.2 Å². The summed E-state index contributed by atoms with van der Waals surface area (Å²) in [4.78, 5) is 15.7. The third-order valence-electron chi connectivity index (χ3n) is 2.77. The van der Waals surface area contributed by atoms with E-state index in [2.05, 4.69) is 10.3 Å². The Labute approximate surface area is 115 Å². The quantitative estimate of drug-likeness (QED) is 0.746. The van der Waals surface area contributed by atoms with Gasteiger partial charge in [-0.2, -0.15) is 0 Å². The number of primary amides is 1. The molecule has 0 atom stereocenters. The number of carbonyl (C=O) groups excluding carboxylic acids is 1. The van der Waals surface area contributed by atoms with Gasteiger partial charge in [0.2, 0.25) is 0 Å². The van der Waals surface area contributed by atoms with Crippen molar-refractivity contribution >= 4 is 28.6 Å². The predicted octanol–water partition coefficient (Wildman–Crippen LogP) is 2.17. The number of amides is 1. The van der Waals surface area contributed by atoms with Crippen LogP contribution in [0.4, 0.5) is 11.4 Å². The molecule has 2 rings (SSSR count). The second-order valence-electron chi connectivity index (χ2n) is 4.72. The molecule has 1 aromatic carbocycles. The van der Waals surface area contributed by atoms with Crippen LogP contribution >= 0.6 is 11.3 Å². The summed E-state index contributed by atoms with van der Waals surface area (Å²) < 4.78 is 0. The summed E-state index contributed by atoms with van der Waals surface area (Å²) in [6.07, 6.45) is 1.74. The summed E-state index contributed by atoms with van der Waals surface area (Å²) in [5.41, 5.74) is 12.3. The zero-order valence-corrected chi connectivity index (χ0v) is 11.6. The van der Waals surface area contributed by atoms with Gasteiger partial charge in [0, 0.05) is 11.6 Å². The van der Waals surface area contributed by atoms with Crippen LogP contribution in [0, 0.1) is 0 Å². The van der Waals surface area contributed by atoms with Crippen LogP contribution in [0.25, 0.3) is 0 Å². The minimum Gasteiger partial charge on any atom is -0.397 e. The number of anilines is 2. The molecule has 6 heteroatoms. The van der Waals surface area contributed by atoms with E-state index >= 15 is 0 Å². The van der Waals surface area contributed by atoms with Crippen LogP contribution < -0.4 is 16.8 Å². The molecule has 1 heterocycles. The average molecular weight is 276 g/mol. The van der Waals surface area contributed by atoms with E-state index in [0.29, 0.717) is 16.9 Å². The maximum atomic E-state index is 11.5. The standard InChI is InChI=1S/C13H16N4OS/c1-13(2,12-16-6-7-19-12)17-10-8(11(15)18)4-3-5-9(10)14/h3-7,17H,14H2,1-2H3,(H2,15,18). The van der Waals surface area contributed by atoms with E-state index in [1.165, 1.54) is 11.3 Å². The monoisotopic (exact) mass is 276 g/mol. The first-order chi connectivity index (χ1) is 8.92. The molecule has 0 aliphatic carbocycles. The number of aromatic nitrogens is 1. The second-order valence-corrected chi connectivity index (χ2v) is 5.62. The number of para-hydroxylation sites is 1. The fourth-order valence-electron chi connectivity index (χ4n) is 1.81. The molecule has 1 aromatic heterocycles. The molecule has 0 aliphatic rings. The highest BCUT2D eigenvalue weighted by Crippen LogP contribution is 2.32. The summed E-state index contributed by atoms with van der Waals surface area (Å²) in [6, 6.07) is 5.09. The number of nitrogen functional groups attached to an aromatic ring is 1. The van der Waals surface area contributed by atoms with Gasteiger partial charge >= 0.3 is 0 Å². The van der Waals surface area contributed by atoms with Gasteiger partial charge in [-0.3, -0.25) is 4.79 Å². The lowest BCUT2D eigenvalue weighted by Crippen LogP contribution is -2.30. The fourth-order valence-corrected chi connectivity index (χ4v) is 2.53. The maximum absolute atomic E-state index is 11.5. The number of benzene rings is 1. The lowest BCUT2D eigenvalue weighted by molar-refractivity contribution is 0.100. The highest BCUT2D eigenvalue weighted by Gasteiger charge is 2.25. The number of hydrogen-bond donors (Lipinski definition) is 3. The van der Waals surface area contributed by atoms with Gasteiger partial charge in [0.1, 0.15) is 5.01 Å². The van der Waals surface area contributed by atoms with Crippen LogP contribution in [-0.2, 0) is 5.54 Å². The topological polar surface area (TPSA) is 94.0 Å². The summed E-state index contributed by atoms with van der Waals surface area (Å²) in [7, 11) is 0. The number of hydrogen-bond acceptors (Lipinski definition) is 5. The van der Waals surface area contributed by atoms with Gasteiger partial charge in [-0.15, -0.1) is 11.3 Å². The molecule has 0 saturated heterocycles. The number of nitrogens with zero attached hydrogens (tertiary/aromatic N) is 1. The van der Waals surface area contributed by atoms with Crippen LogP contribution in [0.15, 0.2) is 29.8 Å². The Balaban J connectivity index is 2.41. The zero-order valence-electron chi connectivity index (χ0n) is 10.8. The second kappa shape index (κ2) is 4.89. The molecular weight excluding hydrogens is 260 g/mol. The number of rotatable bonds is 4. The van der Waals surface area contributed by atoms with Crippen LogP contribution in [0.5, 0.6) is 0 Å². The fraction of sp³-hybridized carbons (Fsp3) is 0.231. The molecule has 0 radical (unpaired) electrons. The van der Waals surface area contributed by atoms with Gasteiger partial charge in [0.15, 0.2) is 0 Å². The van der Waals surface area contributed by atoms with Crippen LogP contribution in [0.2, 0.25) is 0 Å². The lowest BCUT2D eigenvalue weighted by Gasteiger charge is -2.27. The smallest absolute Gasteiger partial charge is 0.250 e. The van der Waals surface area contributed by atoms with Gasteiger partial charge in [-0.25, -0.2) is 4.98 Å². The molecule has 5 N–H and O–H groups in total. The zero-order chi connectivity index (χ0) is 14.0. The van der Waals surface area contributed by atoms with Crippen molar-refractivity contribution in [2.45, 2.75) is 19.4 Å². The number of nitrogens with one attached hydrogen (secondary N) is 1. The van der Waals surface area contributed by atoms with Crippen LogP contribution in [0.3, 0.4) is 0 Å². The average Bonchev–Trinajstić information content (AvgIpc) is 2.85. The molecule has 0 bridgehead atoms. The predicted molar refractivity (Wildman–Crippen MR) is 78.1 cm³/mol. The molecule has 2 aromatic rings. The highest BCUT2D eigenvalue weighted by molar-refractivity contribution is 7.09. The van der Waals surface area contributed by atoms with Crippen molar-refractivity contribution in [1.29, 1.82) is 0 Å². The molecule has 0 aliphatic heterocycles. The normalized spacial score (nSPS) is 11.3. The Kier molecular flexibility index (Phi) is 3.44. The van der Waals surface area contributed by atoms with Crippen LogP contribution in [-0.4, -0.2) is 10.9 Å². The van der Waals surface area contributed by atoms with E-state index in [4.69, 9.17) is 11.5 Å². The van der Waals surface area contributed by atoms with Crippen molar-refractivity contribution in [1.82, 2.24) is 4.98 Å². The lowest BCUT2D eigenvalue weighted by atomic mass is 10.0. The Bertz CT molecular complexity index is 593. The number of thiazole rings is 1. The Morgan fingerprint density at radius 2 is 2.16 bits per heavy atom. The van der Waals surface area contributed by atoms with E-state index in [1.54, 1.807) is 24.4 Å². The minimum atomic E-state index is -0.510. The molecule has 0 saturated carbocycles. The third-order valence-corrected chi connectivity index (χ3v) is 3.86. The van der Waals surface area contributed by atoms with Gasteiger partial charge in [-0.1, -0.05) is 6.07 Å². The summed E-state index contributed by atoms with van der Waals surface area (Å²) in [5.74, 6) is -0.510. The molecule has 1 amide bonds. The van der Waals surface area contributed by atoms with E-state index in [9.17, 15) is 4.79 Å². The van der Waals surface area contributed by atoms with E-state index in [-0.39, 0.29) is 0 Å². The van der Waals surface area contributed by atoms with Gasteiger partial charge in [-0.05, 0) is 26.0 Å². The highest BCUT2D eigenvalue weighted by atomic mass is 32.1. The van der Waals surface area contributed by atoms with Gasteiger partial charge < -0.3 is 16.8 Å². The SMILES string of the molecule is CC(C)(Nc1c(N)cccc1C(N)=O)c1nccs1. The summed E-state index contributed by atoms with van der Waals surface area (Å²) in [5, 5.41) is 6.07. The molecule has 0 spiro atoms. The maximum Gasteiger partial charge on any atom is 0.250 e. The van der Waals surface area contributed by atoms with Gasteiger partial charge in [0.05, 0.1) is 22.5 Å². The van der Waals surface area contributed by atoms with Gasteiger partial charge in [0.25, 0.3) is 5.91 Å². The Morgan fingerprint density at radius 1 is 1.42 bits per heavy atom. The third kappa shape index (κ3) is 2.68. The van der Waals surface area contributed by atoms with Crippen molar-refractivity contribution < 1.29 is 4.79 Å². The number of carbonyl (C=O) groups is 1. The summed E-state index contributed by atoms with van der Waals surface area (Å²) >= 11 is 1.54. The summed E-state index contributed by atoms with van der Waals surface area (Å²) in [6.45, 7) is 3.95. The van der Waals surface area contributed by atoms with E-state index in [1.807, 2.05) is 19.2 Å². The first-order valence-electron chi connectivity index (χ1n) is 5.78. The molecule has 0 fully saturated rings. The van der Waals surface area contributed by atoms with Crippen molar-refractivity contribution in [3.05, 3.63) is 40.3 Å². The minimum absolute atomic E-state index is 0.379. The molecule has 100 valence electrons. The van der Waals surface area contributed by atoms with Crippen molar-refractivity contribution in [3.8, 4) is 0 Å². The largest absolute Gasteiger partial charge is 0.397 e. The Morgan fingerprint density at radius 3 is 2.74 bits per heavy atom. The van der Waals surface area contributed by atoms with Crippen molar-refractivity contribution in [3.63, 3.8) is 0 Å². The number of nitrogens with two attached hydrogens (primary N) is 2. The molecule has 5 nitrogen and oxygen atoms in total. The molecule has 0 unspecified atom stereocenters. The Hall–Kier alpha value is -2.08. The van der Waals surface area contributed by atoms with E-state index < -0.39 is 11.4 Å². The first-order valence-corrected chi connectivity index (χ1v) is 6.66. The van der Waals surface area contributed by atoms with E-state index in [0.717, 1.165) is 5.01 Å². The van der Waals surface area contributed by atoms with Crippen molar-refractivity contribution in [2.75, 3.05) is 11.1 Å². The first kappa shape index (κ1) is 13.4. The van der Waals surface area contributed by atoms with Crippen molar-refractivity contribution in [2.24, 2.45) is 5.73 Å². The molecular formula is C13H16N4OS.